The first-order valence-electron chi connectivity index (χ1n) is 10.8. The molecular formula is C25H29N5O2S. The molecule has 0 spiro atoms. The fraction of sp³-hybridized carbons (Fsp3) is 0.280. The molecule has 1 heterocycles. The van der Waals surface area contributed by atoms with Crippen molar-refractivity contribution in [3.8, 4) is 0 Å². The Morgan fingerprint density at radius 1 is 1.06 bits per heavy atom. The molecule has 2 aromatic carbocycles. The standard InChI is InChI=1S/C25H29N5O2S/c1-5-15-30-23(18(4)26-24(32)20-9-7-6-8-10-20)28-29-25(30)33-16-22(31)27-21-13-11-19(12-14-21)17(2)3/h5-14,17-18H,1,15-16H2,2-4H3,(H,26,32)(H,27,31)/t18-/m1/s1. The highest BCUT2D eigenvalue weighted by Gasteiger charge is 2.20. The first-order chi connectivity index (χ1) is 15.9. The van der Waals surface area contributed by atoms with Crippen molar-refractivity contribution in [2.45, 2.75) is 44.4 Å². The van der Waals surface area contributed by atoms with Gasteiger partial charge >= 0.3 is 0 Å². The van der Waals surface area contributed by atoms with Crippen LogP contribution in [0.1, 0.15) is 54.5 Å². The number of benzene rings is 2. The fourth-order valence-electron chi connectivity index (χ4n) is 3.24. The second kappa shape index (κ2) is 11.5. The lowest BCUT2D eigenvalue weighted by atomic mass is 10.0. The molecule has 2 N–H and O–H groups in total. The lowest BCUT2D eigenvalue weighted by Crippen LogP contribution is -2.28. The third kappa shape index (κ3) is 6.55. The maximum absolute atomic E-state index is 12.5. The lowest BCUT2D eigenvalue weighted by molar-refractivity contribution is -0.113. The number of aromatic nitrogens is 3. The van der Waals surface area contributed by atoms with E-state index in [-0.39, 0.29) is 23.6 Å². The molecule has 8 heteroatoms. The van der Waals surface area contributed by atoms with E-state index in [1.165, 1.54) is 17.3 Å². The van der Waals surface area contributed by atoms with Gasteiger partial charge in [0, 0.05) is 17.8 Å². The van der Waals surface area contributed by atoms with Crippen LogP contribution in [0.5, 0.6) is 0 Å². The normalized spacial score (nSPS) is 11.8. The maximum Gasteiger partial charge on any atom is 0.251 e. The van der Waals surface area contributed by atoms with Crippen molar-refractivity contribution in [3.05, 3.63) is 84.2 Å². The number of allylic oxidation sites excluding steroid dienone is 1. The van der Waals surface area contributed by atoms with Crippen LogP contribution in [0.15, 0.2) is 72.4 Å². The van der Waals surface area contributed by atoms with Gasteiger partial charge in [0.1, 0.15) is 0 Å². The molecule has 0 radical (unpaired) electrons. The number of carbonyl (C=O) groups excluding carboxylic acids is 2. The average molecular weight is 464 g/mol. The van der Waals surface area contributed by atoms with Crippen molar-refractivity contribution in [3.63, 3.8) is 0 Å². The Kier molecular flexibility index (Phi) is 8.43. The number of amides is 2. The van der Waals surface area contributed by atoms with E-state index in [1.807, 2.05) is 54.0 Å². The second-order valence-corrected chi connectivity index (χ2v) is 8.86. The predicted molar refractivity (Wildman–Crippen MR) is 132 cm³/mol. The van der Waals surface area contributed by atoms with E-state index in [4.69, 9.17) is 0 Å². The summed E-state index contributed by atoms with van der Waals surface area (Å²) in [7, 11) is 0. The minimum absolute atomic E-state index is 0.127. The number of nitrogens with zero attached hydrogens (tertiary/aromatic N) is 3. The first-order valence-corrected chi connectivity index (χ1v) is 11.8. The molecule has 3 rings (SSSR count). The van der Waals surface area contributed by atoms with E-state index in [0.29, 0.717) is 29.0 Å². The predicted octanol–water partition coefficient (Wildman–Crippen LogP) is 4.81. The van der Waals surface area contributed by atoms with E-state index >= 15 is 0 Å². The fourth-order valence-corrected chi connectivity index (χ4v) is 4.00. The topological polar surface area (TPSA) is 88.9 Å². The van der Waals surface area contributed by atoms with Gasteiger partial charge in [0.25, 0.3) is 5.91 Å². The summed E-state index contributed by atoms with van der Waals surface area (Å²) >= 11 is 1.29. The summed E-state index contributed by atoms with van der Waals surface area (Å²) in [5, 5.41) is 15.0. The van der Waals surface area contributed by atoms with Gasteiger partial charge in [-0.05, 0) is 42.7 Å². The lowest BCUT2D eigenvalue weighted by Gasteiger charge is -2.15. The molecule has 0 aliphatic heterocycles. The van der Waals surface area contributed by atoms with Crippen LogP contribution in [0.25, 0.3) is 0 Å². The van der Waals surface area contributed by atoms with Gasteiger partial charge in [-0.1, -0.05) is 62.0 Å². The van der Waals surface area contributed by atoms with Crippen LogP contribution >= 0.6 is 11.8 Å². The van der Waals surface area contributed by atoms with Crippen LogP contribution in [0.4, 0.5) is 5.69 Å². The Morgan fingerprint density at radius 2 is 1.76 bits per heavy atom. The second-order valence-electron chi connectivity index (χ2n) is 7.91. The van der Waals surface area contributed by atoms with Crippen LogP contribution in [-0.2, 0) is 11.3 Å². The molecule has 0 aliphatic rings. The largest absolute Gasteiger partial charge is 0.342 e. The van der Waals surface area contributed by atoms with Crippen molar-refractivity contribution in [1.29, 1.82) is 0 Å². The van der Waals surface area contributed by atoms with Crippen molar-refractivity contribution in [1.82, 2.24) is 20.1 Å². The number of hydrogen-bond acceptors (Lipinski definition) is 5. The molecule has 33 heavy (non-hydrogen) atoms. The summed E-state index contributed by atoms with van der Waals surface area (Å²) in [6.45, 7) is 10.4. The summed E-state index contributed by atoms with van der Waals surface area (Å²) in [6, 6.07) is 16.5. The third-order valence-electron chi connectivity index (χ3n) is 5.02. The van der Waals surface area contributed by atoms with Crippen molar-refractivity contribution in [2.75, 3.05) is 11.1 Å². The van der Waals surface area contributed by atoms with E-state index in [9.17, 15) is 9.59 Å². The first kappa shape index (κ1) is 24.3. The van der Waals surface area contributed by atoms with Crippen LogP contribution in [-0.4, -0.2) is 32.3 Å². The Balaban J connectivity index is 1.63. The Morgan fingerprint density at radius 3 is 2.39 bits per heavy atom. The molecular weight excluding hydrogens is 434 g/mol. The Bertz CT molecular complexity index is 1090. The molecule has 0 fully saturated rings. The Labute approximate surface area is 198 Å². The van der Waals surface area contributed by atoms with Gasteiger partial charge < -0.3 is 15.2 Å². The van der Waals surface area contributed by atoms with E-state index in [2.05, 4.69) is 41.3 Å². The quantitative estimate of drug-likeness (QED) is 0.333. The van der Waals surface area contributed by atoms with Gasteiger partial charge in [-0.2, -0.15) is 0 Å². The molecule has 3 aromatic rings. The van der Waals surface area contributed by atoms with Crippen LogP contribution < -0.4 is 10.6 Å². The summed E-state index contributed by atoms with van der Waals surface area (Å²) in [5.41, 5.74) is 2.56. The highest BCUT2D eigenvalue weighted by molar-refractivity contribution is 7.99. The van der Waals surface area contributed by atoms with Gasteiger partial charge in [0.15, 0.2) is 11.0 Å². The molecule has 7 nitrogen and oxygen atoms in total. The zero-order chi connectivity index (χ0) is 23.8. The monoisotopic (exact) mass is 463 g/mol. The van der Waals surface area contributed by atoms with Gasteiger partial charge in [-0.25, -0.2) is 0 Å². The Hall–Kier alpha value is -3.39. The van der Waals surface area contributed by atoms with E-state index in [1.54, 1.807) is 18.2 Å². The molecule has 0 saturated carbocycles. The molecule has 1 atom stereocenters. The minimum atomic E-state index is -0.368. The number of nitrogens with one attached hydrogen (secondary N) is 2. The number of hydrogen-bond donors (Lipinski definition) is 2. The van der Waals surface area contributed by atoms with Crippen molar-refractivity contribution >= 4 is 29.3 Å². The highest BCUT2D eigenvalue weighted by atomic mass is 32.2. The molecule has 1 aromatic heterocycles. The number of anilines is 1. The molecule has 172 valence electrons. The molecule has 0 saturated heterocycles. The molecule has 0 bridgehead atoms. The third-order valence-corrected chi connectivity index (χ3v) is 5.99. The van der Waals surface area contributed by atoms with Crippen LogP contribution in [0.3, 0.4) is 0 Å². The van der Waals surface area contributed by atoms with Gasteiger partial charge in [-0.3, -0.25) is 9.59 Å². The zero-order valence-corrected chi connectivity index (χ0v) is 19.9. The summed E-state index contributed by atoms with van der Waals surface area (Å²) in [5.74, 6) is 0.916. The van der Waals surface area contributed by atoms with Gasteiger partial charge in [0.05, 0.1) is 11.8 Å². The number of carbonyl (C=O) groups is 2. The summed E-state index contributed by atoms with van der Waals surface area (Å²) < 4.78 is 1.86. The number of thioether (sulfide) groups is 1. The molecule has 0 unspecified atom stereocenters. The van der Waals surface area contributed by atoms with Crippen LogP contribution in [0.2, 0.25) is 0 Å². The van der Waals surface area contributed by atoms with E-state index < -0.39 is 0 Å². The maximum atomic E-state index is 12.5. The van der Waals surface area contributed by atoms with Gasteiger partial charge in [-0.15, -0.1) is 16.8 Å². The van der Waals surface area contributed by atoms with Crippen molar-refractivity contribution < 1.29 is 9.59 Å². The highest BCUT2D eigenvalue weighted by Crippen LogP contribution is 2.22. The smallest absolute Gasteiger partial charge is 0.251 e. The van der Waals surface area contributed by atoms with E-state index in [0.717, 1.165) is 5.69 Å². The minimum Gasteiger partial charge on any atom is -0.342 e. The van der Waals surface area contributed by atoms with Gasteiger partial charge in [0.2, 0.25) is 5.91 Å². The number of rotatable bonds is 10. The molecule has 0 aliphatic carbocycles. The SMILES string of the molecule is C=CCn1c(SCC(=O)Nc2ccc(C(C)C)cc2)nnc1[C@@H](C)NC(=O)c1ccccc1. The summed E-state index contributed by atoms with van der Waals surface area (Å²) in [6.07, 6.45) is 1.74. The van der Waals surface area contributed by atoms with Crippen molar-refractivity contribution in [2.24, 2.45) is 0 Å². The summed E-state index contributed by atoms with van der Waals surface area (Å²) in [4.78, 5) is 25.0. The average Bonchev–Trinajstić information content (AvgIpc) is 3.21. The zero-order valence-electron chi connectivity index (χ0n) is 19.1. The molecule has 2 amide bonds. The van der Waals surface area contributed by atoms with Crippen LogP contribution in [0, 0.1) is 0 Å².